The van der Waals surface area contributed by atoms with E-state index in [0.29, 0.717) is 19.5 Å². The number of carbonyl (C=O) groups excluding carboxylic acids is 1. The van der Waals surface area contributed by atoms with Crippen molar-refractivity contribution in [2.24, 2.45) is 0 Å². The number of ether oxygens (including phenoxy) is 1. The summed E-state index contributed by atoms with van der Waals surface area (Å²) < 4.78 is 5.89. The first kappa shape index (κ1) is 19.7. The number of hydrogen-bond donors (Lipinski definition) is 2. The Bertz CT molecular complexity index is 668. The molecule has 2 aromatic carbocycles. The zero-order chi connectivity index (χ0) is 19.0. The molecule has 138 valence electrons. The first-order valence-corrected chi connectivity index (χ1v) is 8.70. The number of benzene rings is 2. The van der Waals surface area contributed by atoms with Gasteiger partial charge in [0.25, 0.3) is 5.97 Å². The van der Waals surface area contributed by atoms with E-state index in [4.69, 9.17) is 14.6 Å². The summed E-state index contributed by atoms with van der Waals surface area (Å²) in [6, 6.07) is 20.6. The molecule has 1 aliphatic rings. The molecule has 1 aliphatic heterocycles. The van der Waals surface area contributed by atoms with Crippen molar-refractivity contribution < 1.29 is 19.4 Å². The highest BCUT2D eigenvalue weighted by atomic mass is 16.6. The fraction of sp³-hybridized carbons (Fsp3) is 0.333. The van der Waals surface area contributed by atoms with Gasteiger partial charge in [-0.15, -0.1) is 0 Å². The van der Waals surface area contributed by atoms with E-state index < -0.39 is 11.6 Å². The third-order valence-corrected chi connectivity index (χ3v) is 4.25. The predicted molar refractivity (Wildman–Crippen MR) is 100 cm³/mol. The number of carbonyl (C=O) groups is 2. The Kier molecular flexibility index (Phi) is 6.92. The summed E-state index contributed by atoms with van der Waals surface area (Å²) in [6.07, 6.45) is 0.401. The van der Waals surface area contributed by atoms with E-state index in [9.17, 15) is 4.79 Å². The fourth-order valence-corrected chi connectivity index (χ4v) is 3.10. The van der Waals surface area contributed by atoms with Crippen molar-refractivity contribution in [1.82, 2.24) is 5.32 Å². The van der Waals surface area contributed by atoms with Crippen LogP contribution in [0.15, 0.2) is 60.7 Å². The molecule has 0 aliphatic carbocycles. The van der Waals surface area contributed by atoms with Gasteiger partial charge in [-0.05, 0) is 11.1 Å². The van der Waals surface area contributed by atoms with E-state index in [1.165, 1.54) is 11.1 Å². The van der Waals surface area contributed by atoms with E-state index in [1.807, 2.05) is 43.3 Å². The molecule has 3 rings (SSSR count). The summed E-state index contributed by atoms with van der Waals surface area (Å²) in [5.74, 6) is -0.926. The zero-order valence-corrected chi connectivity index (χ0v) is 15.1. The number of hydrogen-bond acceptors (Lipinski definition) is 4. The van der Waals surface area contributed by atoms with Crippen LogP contribution in [0.5, 0.6) is 0 Å². The van der Waals surface area contributed by atoms with Crippen LogP contribution in [0.4, 0.5) is 0 Å². The molecule has 0 spiro atoms. The average molecular weight is 355 g/mol. The maximum atomic E-state index is 11.9. The zero-order valence-electron chi connectivity index (χ0n) is 15.1. The fourth-order valence-electron chi connectivity index (χ4n) is 3.10. The van der Waals surface area contributed by atoms with E-state index >= 15 is 0 Å². The predicted octanol–water partition coefficient (Wildman–Crippen LogP) is 3.20. The molecular formula is C21H25NO4. The van der Waals surface area contributed by atoms with Crippen LogP contribution < -0.4 is 5.32 Å². The quantitative estimate of drug-likeness (QED) is 0.806. The molecule has 0 amide bonds. The van der Waals surface area contributed by atoms with Crippen molar-refractivity contribution in [2.75, 3.05) is 13.1 Å². The van der Waals surface area contributed by atoms with Gasteiger partial charge < -0.3 is 15.2 Å². The van der Waals surface area contributed by atoms with Gasteiger partial charge in [0.15, 0.2) is 0 Å². The Balaban J connectivity index is 0.000000552. The van der Waals surface area contributed by atoms with Crippen molar-refractivity contribution >= 4 is 11.9 Å². The highest BCUT2D eigenvalue weighted by Crippen LogP contribution is 2.40. The summed E-state index contributed by atoms with van der Waals surface area (Å²) in [5, 5.41) is 10.7. The molecule has 2 aromatic rings. The van der Waals surface area contributed by atoms with Gasteiger partial charge in [0, 0.05) is 26.4 Å². The maximum Gasteiger partial charge on any atom is 0.306 e. The standard InChI is InChI=1S/C19H21NO2.C2H4O2/c1-2-17(21)22-19(13-20-14-19)18(15-9-5-3-6-10-15)16-11-7-4-8-12-16;1-2(3)4/h3-12,18,20H,2,13-14H2,1H3;1H3,(H,3,4). The lowest BCUT2D eigenvalue weighted by Crippen LogP contribution is -2.65. The minimum Gasteiger partial charge on any atom is -0.481 e. The Labute approximate surface area is 154 Å². The molecule has 1 saturated heterocycles. The third-order valence-electron chi connectivity index (χ3n) is 4.25. The highest BCUT2D eigenvalue weighted by molar-refractivity contribution is 5.70. The van der Waals surface area contributed by atoms with Gasteiger partial charge in [-0.2, -0.15) is 0 Å². The number of carboxylic acid groups (broad SMARTS) is 1. The van der Waals surface area contributed by atoms with Crippen LogP contribution in [0.25, 0.3) is 0 Å². The molecule has 5 nitrogen and oxygen atoms in total. The molecule has 0 bridgehead atoms. The molecule has 1 fully saturated rings. The Morgan fingerprint density at radius 1 is 1.04 bits per heavy atom. The molecule has 0 unspecified atom stereocenters. The number of nitrogens with one attached hydrogen (secondary N) is 1. The van der Waals surface area contributed by atoms with Crippen LogP contribution in [0.1, 0.15) is 37.3 Å². The Morgan fingerprint density at radius 2 is 1.46 bits per heavy atom. The van der Waals surface area contributed by atoms with Gasteiger partial charge in [0.05, 0.1) is 5.92 Å². The van der Waals surface area contributed by atoms with E-state index in [2.05, 4.69) is 29.6 Å². The van der Waals surface area contributed by atoms with Crippen LogP contribution in [-0.2, 0) is 14.3 Å². The highest BCUT2D eigenvalue weighted by Gasteiger charge is 2.49. The molecular weight excluding hydrogens is 330 g/mol. The maximum absolute atomic E-state index is 11.9. The summed E-state index contributed by atoms with van der Waals surface area (Å²) >= 11 is 0. The summed E-state index contributed by atoms with van der Waals surface area (Å²) in [7, 11) is 0. The van der Waals surface area contributed by atoms with Gasteiger partial charge in [-0.1, -0.05) is 67.6 Å². The second-order valence-electron chi connectivity index (χ2n) is 6.27. The number of aliphatic carboxylic acids is 1. The average Bonchev–Trinajstić information content (AvgIpc) is 2.61. The van der Waals surface area contributed by atoms with Crippen LogP contribution in [0, 0.1) is 0 Å². The lowest BCUT2D eigenvalue weighted by molar-refractivity contribution is -0.167. The largest absolute Gasteiger partial charge is 0.481 e. The molecule has 0 radical (unpaired) electrons. The molecule has 0 atom stereocenters. The van der Waals surface area contributed by atoms with Crippen molar-refractivity contribution in [2.45, 2.75) is 31.8 Å². The van der Waals surface area contributed by atoms with Crippen molar-refractivity contribution in [3.8, 4) is 0 Å². The van der Waals surface area contributed by atoms with Gasteiger partial charge in [-0.3, -0.25) is 9.59 Å². The Morgan fingerprint density at radius 3 is 1.77 bits per heavy atom. The van der Waals surface area contributed by atoms with Gasteiger partial charge in [-0.25, -0.2) is 0 Å². The van der Waals surface area contributed by atoms with Crippen LogP contribution in [0.3, 0.4) is 0 Å². The number of rotatable bonds is 5. The monoisotopic (exact) mass is 355 g/mol. The van der Waals surface area contributed by atoms with E-state index in [1.54, 1.807) is 0 Å². The molecule has 5 heteroatoms. The van der Waals surface area contributed by atoms with Gasteiger partial charge in [0.1, 0.15) is 5.60 Å². The minimum atomic E-state index is -0.833. The second kappa shape index (κ2) is 9.15. The van der Waals surface area contributed by atoms with Crippen molar-refractivity contribution in [1.29, 1.82) is 0 Å². The van der Waals surface area contributed by atoms with E-state index in [0.717, 1.165) is 6.92 Å². The summed E-state index contributed by atoms with van der Waals surface area (Å²) in [4.78, 5) is 20.9. The smallest absolute Gasteiger partial charge is 0.306 e. The van der Waals surface area contributed by atoms with Crippen LogP contribution in [-0.4, -0.2) is 35.7 Å². The van der Waals surface area contributed by atoms with Crippen molar-refractivity contribution in [3.63, 3.8) is 0 Å². The number of esters is 1. The molecule has 1 heterocycles. The topological polar surface area (TPSA) is 75.6 Å². The normalized spacial score (nSPS) is 14.6. The van der Waals surface area contributed by atoms with Crippen LogP contribution >= 0.6 is 0 Å². The second-order valence-corrected chi connectivity index (χ2v) is 6.27. The van der Waals surface area contributed by atoms with Crippen LogP contribution in [0.2, 0.25) is 0 Å². The lowest BCUT2D eigenvalue weighted by Gasteiger charge is -2.47. The SMILES string of the molecule is CC(=O)O.CCC(=O)OC1(C(c2ccccc2)c2ccccc2)CNC1. The molecule has 2 N–H and O–H groups in total. The molecule has 26 heavy (non-hydrogen) atoms. The summed E-state index contributed by atoms with van der Waals surface area (Å²) in [6.45, 7) is 4.29. The number of carboxylic acids is 1. The first-order valence-electron chi connectivity index (χ1n) is 8.70. The lowest BCUT2D eigenvalue weighted by atomic mass is 9.73. The molecule has 0 aromatic heterocycles. The first-order chi connectivity index (χ1) is 12.5. The third kappa shape index (κ3) is 4.92. The summed E-state index contributed by atoms with van der Waals surface area (Å²) in [5.41, 5.74) is 1.87. The Hall–Kier alpha value is -2.66. The molecule has 0 saturated carbocycles. The minimum absolute atomic E-state index is 0.0478. The van der Waals surface area contributed by atoms with Gasteiger partial charge >= 0.3 is 5.97 Å². The van der Waals surface area contributed by atoms with Crippen molar-refractivity contribution in [3.05, 3.63) is 71.8 Å². The van der Waals surface area contributed by atoms with E-state index in [-0.39, 0.29) is 11.9 Å². The van der Waals surface area contributed by atoms with Gasteiger partial charge in [0.2, 0.25) is 0 Å².